The number of likely N-dealkylation sites (N-methyl/N-ethyl adjacent to an activating group) is 1. The number of hydrogen-bond donors (Lipinski definition) is 0. The molecule has 4 rings (SSSR count). The monoisotopic (exact) mass is 312 g/mol. The summed E-state index contributed by atoms with van der Waals surface area (Å²) in [4.78, 5) is 17.8. The minimum atomic E-state index is 0.240. The van der Waals surface area contributed by atoms with Gasteiger partial charge in [-0.25, -0.2) is 0 Å². The first-order chi connectivity index (χ1) is 11.1. The van der Waals surface area contributed by atoms with Crippen molar-refractivity contribution in [3.05, 3.63) is 35.4 Å². The van der Waals surface area contributed by atoms with E-state index in [0.29, 0.717) is 23.9 Å². The fraction of sp³-hybridized carbons (Fsp3) is 0.650. The number of aryl methyl sites for hydroxylation is 1. The van der Waals surface area contributed by atoms with Gasteiger partial charge < -0.3 is 9.80 Å². The molecule has 3 nitrogen and oxygen atoms in total. The van der Waals surface area contributed by atoms with Crippen molar-refractivity contribution in [3.8, 4) is 0 Å². The largest absolute Gasteiger partial charge is 0.338 e. The molecule has 3 aliphatic rings. The Kier molecular flexibility index (Phi) is 3.92. The number of hydrogen-bond acceptors (Lipinski definition) is 2. The Hall–Kier alpha value is -1.35. The molecule has 0 unspecified atom stereocenters. The number of benzene rings is 1. The third kappa shape index (κ3) is 2.80. The lowest BCUT2D eigenvalue weighted by atomic mass is 10.0. The fourth-order valence-corrected chi connectivity index (χ4v) is 4.84. The van der Waals surface area contributed by atoms with E-state index in [-0.39, 0.29) is 5.92 Å². The highest BCUT2D eigenvalue weighted by molar-refractivity contribution is 5.83. The second kappa shape index (κ2) is 5.94. The molecule has 1 aliphatic carbocycles. The van der Waals surface area contributed by atoms with Crippen molar-refractivity contribution in [3.63, 3.8) is 0 Å². The van der Waals surface area contributed by atoms with Gasteiger partial charge in [0.05, 0.1) is 0 Å². The Balaban J connectivity index is 1.45. The first-order valence-corrected chi connectivity index (χ1v) is 9.22. The van der Waals surface area contributed by atoms with Crippen molar-refractivity contribution in [1.29, 1.82) is 0 Å². The summed E-state index contributed by atoms with van der Waals surface area (Å²) >= 11 is 0. The minimum absolute atomic E-state index is 0.240. The predicted molar refractivity (Wildman–Crippen MR) is 92.4 cm³/mol. The molecule has 124 valence electrons. The average Bonchev–Trinajstić information content (AvgIpc) is 2.99. The van der Waals surface area contributed by atoms with Gasteiger partial charge in [-0.3, -0.25) is 4.79 Å². The van der Waals surface area contributed by atoms with E-state index >= 15 is 0 Å². The molecule has 2 aliphatic heterocycles. The Morgan fingerprint density at radius 3 is 2.65 bits per heavy atom. The van der Waals surface area contributed by atoms with Crippen molar-refractivity contribution in [2.75, 3.05) is 20.1 Å². The van der Waals surface area contributed by atoms with E-state index in [4.69, 9.17) is 0 Å². The maximum atomic E-state index is 13.1. The summed E-state index contributed by atoms with van der Waals surface area (Å²) < 4.78 is 0. The molecule has 1 amide bonds. The van der Waals surface area contributed by atoms with Crippen molar-refractivity contribution in [1.82, 2.24) is 9.80 Å². The average molecular weight is 312 g/mol. The topological polar surface area (TPSA) is 23.6 Å². The first-order valence-electron chi connectivity index (χ1n) is 9.22. The lowest BCUT2D eigenvalue weighted by Gasteiger charge is -2.33. The fourth-order valence-electron chi connectivity index (χ4n) is 4.84. The van der Waals surface area contributed by atoms with Crippen LogP contribution in [0.15, 0.2) is 24.3 Å². The number of carbonyl (C=O) groups excluding carboxylic acids is 1. The van der Waals surface area contributed by atoms with Crippen LogP contribution in [0.3, 0.4) is 0 Å². The molecule has 1 aromatic carbocycles. The van der Waals surface area contributed by atoms with Crippen LogP contribution in [-0.4, -0.2) is 47.9 Å². The van der Waals surface area contributed by atoms with Gasteiger partial charge in [-0.15, -0.1) is 0 Å². The smallest absolute Gasteiger partial charge is 0.226 e. The van der Waals surface area contributed by atoms with Gasteiger partial charge in [-0.1, -0.05) is 29.8 Å². The van der Waals surface area contributed by atoms with Crippen molar-refractivity contribution in [2.24, 2.45) is 5.92 Å². The molecule has 4 atom stereocenters. The van der Waals surface area contributed by atoms with Crippen LogP contribution >= 0.6 is 0 Å². The van der Waals surface area contributed by atoms with Crippen LogP contribution in [0.4, 0.5) is 0 Å². The molecule has 0 spiro atoms. The molecule has 0 radical (unpaired) electrons. The molecule has 1 saturated carbocycles. The van der Waals surface area contributed by atoms with Gasteiger partial charge in [0.25, 0.3) is 0 Å². The van der Waals surface area contributed by atoms with Gasteiger partial charge in [0.1, 0.15) is 0 Å². The molecule has 3 heteroatoms. The summed E-state index contributed by atoms with van der Waals surface area (Å²) in [7, 11) is 2.23. The van der Waals surface area contributed by atoms with Crippen LogP contribution in [0.5, 0.6) is 0 Å². The van der Waals surface area contributed by atoms with Gasteiger partial charge in [0, 0.05) is 24.5 Å². The summed E-state index contributed by atoms with van der Waals surface area (Å²) in [6.45, 7) is 4.30. The molecular weight excluding hydrogens is 284 g/mol. The van der Waals surface area contributed by atoms with E-state index < -0.39 is 0 Å². The number of likely N-dealkylation sites (tertiary alicyclic amines) is 2. The molecular formula is C20H28N2O. The van der Waals surface area contributed by atoms with Gasteiger partial charge in [-0.2, -0.15) is 0 Å². The Morgan fingerprint density at radius 1 is 1.13 bits per heavy atom. The maximum Gasteiger partial charge on any atom is 0.226 e. The van der Waals surface area contributed by atoms with E-state index in [1.807, 2.05) is 0 Å². The Labute approximate surface area is 139 Å². The van der Waals surface area contributed by atoms with Gasteiger partial charge in [-0.05, 0) is 64.1 Å². The Morgan fingerprint density at radius 2 is 1.91 bits per heavy atom. The van der Waals surface area contributed by atoms with Crippen LogP contribution in [0.2, 0.25) is 0 Å². The normalized spacial score (nSPS) is 34.1. The summed E-state index contributed by atoms with van der Waals surface area (Å²) in [6, 6.07) is 9.76. The molecule has 0 N–H and O–H groups in total. The summed E-state index contributed by atoms with van der Waals surface area (Å²) in [5.74, 6) is 1.13. The predicted octanol–water partition coefficient (Wildman–Crippen LogP) is 3.18. The Bertz CT molecular complexity index is 599. The molecule has 2 saturated heterocycles. The van der Waals surface area contributed by atoms with E-state index in [2.05, 4.69) is 48.0 Å². The van der Waals surface area contributed by atoms with Crippen molar-refractivity contribution in [2.45, 2.75) is 57.0 Å². The van der Waals surface area contributed by atoms with Crippen molar-refractivity contribution >= 4 is 5.91 Å². The zero-order valence-electron chi connectivity index (χ0n) is 14.4. The van der Waals surface area contributed by atoms with E-state index in [1.165, 1.54) is 43.4 Å². The number of nitrogens with zero attached hydrogens (tertiary/aromatic N) is 2. The van der Waals surface area contributed by atoms with Crippen LogP contribution in [0.25, 0.3) is 0 Å². The number of amides is 1. The second-order valence-electron chi connectivity index (χ2n) is 7.79. The highest BCUT2D eigenvalue weighted by Crippen LogP contribution is 2.49. The van der Waals surface area contributed by atoms with E-state index in [1.54, 1.807) is 0 Å². The summed E-state index contributed by atoms with van der Waals surface area (Å²) in [6.07, 6.45) is 5.98. The van der Waals surface area contributed by atoms with Crippen LogP contribution in [0, 0.1) is 12.8 Å². The van der Waals surface area contributed by atoms with Gasteiger partial charge >= 0.3 is 0 Å². The number of rotatable bonds is 3. The summed E-state index contributed by atoms with van der Waals surface area (Å²) in [5.41, 5.74) is 2.66. The van der Waals surface area contributed by atoms with E-state index in [0.717, 1.165) is 13.0 Å². The lowest BCUT2D eigenvalue weighted by molar-refractivity contribution is -0.134. The van der Waals surface area contributed by atoms with Crippen LogP contribution < -0.4 is 0 Å². The number of carbonyl (C=O) groups is 1. The molecule has 1 aromatic rings. The molecule has 0 bridgehead atoms. The molecule has 23 heavy (non-hydrogen) atoms. The lowest BCUT2D eigenvalue weighted by Crippen LogP contribution is -2.47. The third-order valence-corrected chi connectivity index (χ3v) is 6.18. The maximum absolute atomic E-state index is 13.1. The highest BCUT2D eigenvalue weighted by atomic mass is 16.2. The standard InChI is InChI=1S/C20H28N2O/c1-14-6-3-7-15(12-14)16-13-17(16)20(23)22-11-5-9-19(22)18-8-4-10-21(18)2/h3,6-7,12,16-19H,4-5,8-11,13H2,1-2H3/t16-,17-,18+,19+/m0/s1. The first kappa shape index (κ1) is 15.2. The third-order valence-electron chi connectivity index (χ3n) is 6.18. The zero-order chi connectivity index (χ0) is 16.0. The minimum Gasteiger partial charge on any atom is -0.338 e. The quantitative estimate of drug-likeness (QED) is 0.856. The van der Waals surface area contributed by atoms with E-state index in [9.17, 15) is 4.79 Å². The van der Waals surface area contributed by atoms with Crippen molar-refractivity contribution < 1.29 is 4.79 Å². The van der Waals surface area contributed by atoms with Gasteiger partial charge in [0.15, 0.2) is 0 Å². The highest BCUT2D eigenvalue weighted by Gasteiger charge is 2.49. The van der Waals surface area contributed by atoms with Crippen LogP contribution in [0.1, 0.15) is 49.1 Å². The SMILES string of the molecule is Cc1cccc([C@@H]2C[C@@H]2C(=O)N2CCC[C@@H]2[C@H]2CCCN2C)c1. The second-order valence-corrected chi connectivity index (χ2v) is 7.79. The molecule has 0 aromatic heterocycles. The zero-order valence-corrected chi connectivity index (χ0v) is 14.4. The molecule has 2 heterocycles. The van der Waals surface area contributed by atoms with Gasteiger partial charge in [0.2, 0.25) is 5.91 Å². The molecule has 3 fully saturated rings. The summed E-state index contributed by atoms with van der Waals surface area (Å²) in [5, 5.41) is 0. The van der Waals surface area contributed by atoms with Crippen LogP contribution in [-0.2, 0) is 4.79 Å².